The lowest BCUT2D eigenvalue weighted by atomic mass is 10.1. The molecule has 8 heteroatoms. The zero-order valence-corrected chi connectivity index (χ0v) is 16.5. The van der Waals surface area contributed by atoms with Gasteiger partial charge in [-0.25, -0.2) is 0 Å². The lowest BCUT2D eigenvalue weighted by Gasteiger charge is -2.32. The van der Waals surface area contributed by atoms with E-state index in [-0.39, 0.29) is 17.6 Å². The molecule has 2 aromatic carbocycles. The highest BCUT2D eigenvalue weighted by molar-refractivity contribution is 8.14. The van der Waals surface area contributed by atoms with Gasteiger partial charge in [0.2, 0.25) is 11.8 Å². The molecular weight excluding hydrogens is 386 g/mol. The summed E-state index contributed by atoms with van der Waals surface area (Å²) >= 11 is 1.33. The number of rotatable bonds is 6. The predicted molar refractivity (Wildman–Crippen MR) is 114 cm³/mol. The molecule has 0 aliphatic carbocycles. The number of benzene rings is 2. The van der Waals surface area contributed by atoms with Crippen LogP contribution >= 0.6 is 11.8 Å². The van der Waals surface area contributed by atoms with E-state index >= 15 is 0 Å². The zero-order valence-electron chi connectivity index (χ0n) is 15.7. The van der Waals surface area contributed by atoms with Gasteiger partial charge in [-0.15, -0.1) is 0 Å². The molecule has 2 aliphatic heterocycles. The van der Waals surface area contributed by atoms with Gasteiger partial charge in [0, 0.05) is 12.6 Å². The maximum absolute atomic E-state index is 12.2. The zero-order chi connectivity index (χ0) is 20.1. The van der Waals surface area contributed by atoms with Gasteiger partial charge < -0.3 is 10.6 Å². The molecule has 0 spiro atoms. The third-order valence-electron chi connectivity index (χ3n) is 4.53. The smallest absolute Gasteiger partial charge is 0.249 e. The van der Waals surface area contributed by atoms with Crippen LogP contribution in [0.25, 0.3) is 5.70 Å². The van der Waals surface area contributed by atoms with E-state index in [1.807, 2.05) is 65.6 Å². The predicted octanol–water partition coefficient (Wildman–Crippen LogP) is 1.71. The number of carbonyl (C=O) groups is 2. The van der Waals surface area contributed by atoms with Crippen molar-refractivity contribution >= 4 is 34.4 Å². The molecule has 0 radical (unpaired) electrons. The number of amidine groups is 1. The molecule has 148 valence electrons. The summed E-state index contributed by atoms with van der Waals surface area (Å²) in [5, 5.41) is 10.7. The van der Waals surface area contributed by atoms with Crippen LogP contribution in [-0.2, 0) is 16.0 Å². The summed E-state index contributed by atoms with van der Waals surface area (Å²) in [6, 6.07) is 19.7. The maximum Gasteiger partial charge on any atom is 0.249 e. The topological polar surface area (TPSA) is 85.8 Å². The highest BCUT2D eigenvalue weighted by Crippen LogP contribution is 2.29. The first kappa shape index (κ1) is 19.1. The Balaban J connectivity index is 1.35. The average Bonchev–Trinajstić information content (AvgIpc) is 3.16. The van der Waals surface area contributed by atoms with Crippen LogP contribution in [-0.4, -0.2) is 40.5 Å². The first-order valence-corrected chi connectivity index (χ1v) is 10.3. The minimum absolute atomic E-state index is 0.0524. The molecule has 29 heavy (non-hydrogen) atoms. The lowest BCUT2D eigenvalue weighted by Crippen LogP contribution is -2.54. The van der Waals surface area contributed by atoms with Gasteiger partial charge in [-0.05, 0) is 17.5 Å². The Morgan fingerprint density at radius 1 is 1.10 bits per heavy atom. The molecule has 2 amide bonds. The normalized spacial score (nSPS) is 17.6. The summed E-state index contributed by atoms with van der Waals surface area (Å²) in [6.07, 6.45) is 1.89. The second-order valence-corrected chi connectivity index (χ2v) is 7.52. The van der Waals surface area contributed by atoms with E-state index < -0.39 is 6.29 Å². The fraction of sp³-hybridized carbons (Fsp3) is 0.190. The number of carbonyl (C=O) groups excluding carboxylic acids is 2. The van der Waals surface area contributed by atoms with E-state index in [1.54, 1.807) is 6.08 Å². The second kappa shape index (κ2) is 8.83. The monoisotopic (exact) mass is 407 g/mol. The Morgan fingerprint density at radius 3 is 2.59 bits per heavy atom. The van der Waals surface area contributed by atoms with Crippen LogP contribution in [0.1, 0.15) is 11.1 Å². The van der Waals surface area contributed by atoms with E-state index in [1.165, 1.54) is 17.3 Å². The van der Waals surface area contributed by atoms with Crippen molar-refractivity contribution in [2.75, 3.05) is 12.3 Å². The number of fused-ring (bicyclic) bond motifs is 1. The number of hydrazone groups is 1. The number of hydrogen-bond donors (Lipinski definition) is 3. The Morgan fingerprint density at radius 2 is 1.83 bits per heavy atom. The van der Waals surface area contributed by atoms with Gasteiger partial charge in [-0.1, -0.05) is 72.4 Å². The average molecular weight is 407 g/mol. The third kappa shape index (κ3) is 4.60. The molecular formula is C21H21N5O2S. The fourth-order valence-corrected chi connectivity index (χ4v) is 3.98. The minimum Gasteiger partial charge on any atom is -0.355 e. The Labute approximate surface area is 173 Å². The van der Waals surface area contributed by atoms with Gasteiger partial charge >= 0.3 is 0 Å². The van der Waals surface area contributed by atoms with E-state index in [0.717, 1.165) is 17.7 Å². The molecule has 0 bridgehead atoms. The van der Waals surface area contributed by atoms with Crippen LogP contribution in [0.4, 0.5) is 0 Å². The van der Waals surface area contributed by atoms with Gasteiger partial charge in [-0.2, -0.15) is 5.10 Å². The first-order chi connectivity index (χ1) is 14.2. The lowest BCUT2D eigenvalue weighted by molar-refractivity contribution is -0.119. The van der Waals surface area contributed by atoms with Gasteiger partial charge in [0.1, 0.15) is 0 Å². The number of nitrogens with one attached hydrogen (secondary N) is 3. The number of nitrogens with zero attached hydrogens (tertiary/aromatic N) is 2. The van der Waals surface area contributed by atoms with Crippen molar-refractivity contribution in [3.63, 3.8) is 0 Å². The van der Waals surface area contributed by atoms with E-state index in [0.29, 0.717) is 11.7 Å². The van der Waals surface area contributed by atoms with Crippen molar-refractivity contribution in [3.8, 4) is 0 Å². The summed E-state index contributed by atoms with van der Waals surface area (Å²) in [4.78, 5) is 26.2. The molecule has 0 saturated carbocycles. The Bertz CT molecular complexity index is 946. The number of hydrogen-bond acceptors (Lipinski definition) is 6. The molecule has 1 unspecified atom stereocenters. The molecule has 7 nitrogen and oxygen atoms in total. The van der Waals surface area contributed by atoms with E-state index in [4.69, 9.17) is 0 Å². The van der Waals surface area contributed by atoms with Crippen molar-refractivity contribution in [2.24, 2.45) is 5.10 Å². The summed E-state index contributed by atoms with van der Waals surface area (Å²) in [5.41, 5.74) is 5.77. The highest BCUT2D eigenvalue weighted by Gasteiger charge is 2.36. The summed E-state index contributed by atoms with van der Waals surface area (Å²) < 4.78 is 0. The summed E-state index contributed by atoms with van der Waals surface area (Å²) in [5.74, 6) is 0.00947. The van der Waals surface area contributed by atoms with Gasteiger partial charge in [0.25, 0.3) is 0 Å². The van der Waals surface area contributed by atoms with E-state index in [2.05, 4.69) is 21.2 Å². The Hall–Kier alpha value is -3.26. The second-order valence-electron chi connectivity index (χ2n) is 6.57. The summed E-state index contributed by atoms with van der Waals surface area (Å²) in [7, 11) is 0. The van der Waals surface area contributed by atoms with Crippen molar-refractivity contribution in [1.82, 2.24) is 21.0 Å². The van der Waals surface area contributed by atoms with Gasteiger partial charge in [-0.3, -0.25) is 19.9 Å². The SMILES string of the molecule is O=C1C=C(c2ccccc2)N2C(SCC(=O)NCCc3ccccc3)=NNC2N1. The molecule has 2 aliphatic rings. The first-order valence-electron chi connectivity index (χ1n) is 9.34. The third-order valence-corrected chi connectivity index (χ3v) is 5.49. The highest BCUT2D eigenvalue weighted by atomic mass is 32.2. The fourth-order valence-electron chi connectivity index (χ4n) is 3.15. The molecule has 2 aromatic rings. The van der Waals surface area contributed by atoms with Crippen LogP contribution in [0, 0.1) is 0 Å². The minimum atomic E-state index is -0.452. The number of amides is 2. The van der Waals surface area contributed by atoms with Crippen LogP contribution in [0.3, 0.4) is 0 Å². The summed E-state index contributed by atoms with van der Waals surface area (Å²) in [6.45, 7) is 0.589. The van der Waals surface area contributed by atoms with Crippen molar-refractivity contribution in [3.05, 3.63) is 77.9 Å². The largest absolute Gasteiger partial charge is 0.355 e. The van der Waals surface area contributed by atoms with Crippen molar-refractivity contribution in [2.45, 2.75) is 12.7 Å². The number of thioether (sulfide) groups is 1. The molecule has 2 heterocycles. The van der Waals surface area contributed by atoms with E-state index in [9.17, 15) is 9.59 Å². The van der Waals surface area contributed by atoms with Crippen LogP contribution < -0.4 is 16.1 Å². The van der Waals surface area contributed by atoms with Gasteiger partial charge in [0.05, 0.1) is 11.4 Å². The molecule has 3 N–H and O–H groups in total. The molecule has 4 rings (SSSR count). The molecule has 0 fully saturated rings. The standard InChI is InChI=1S/C21H21N5O2S/c27-18-13-17(16-9-5-2-6-10-16)26-20(23-18)24-25-21(26)29-14-19(28)22-12-11-15-7-3-1-4-8-15/h1-10,13,20,24H,11-12,14H2,(H,22,28)(H,23,27). The van der Waals surface area contributed by atoms with Crippen LogP contribution in [0.15, 0.2) is 71.8 Å². The Kier molecular flexibility index (Phi) is 5.81. The molecule has 1 atom stereocenters. The molecule has 0 saturated heterocycles. The van der Waals surface area contributed by atoms with Crippen molar-refractivity contribution in [1.29, 1.82) is 0 Å². The molecule has 0 aromatic heterocycles. The maximum atomic E-state index is 12.2. The van der Waals surface area contributed by atoms with Crippen molar-refractivity contribution < 1.29 is 9.59 Å². The van der Waals surface area contributed by atoms with Crippen LogP contribution in [0.5, 0.6) is 0 Å². The quantitative estimate of drug-likeness (QED) is 0.679. The van der Waals surface area contributed by atoms with Gasteiger partial charge in [0.15, 0.2) is 11.5 Å². The van der Waals surface area contributed by atoms with Crippen LogP contribution in [0.2, 0.25) is 0 Å².